The van der Waals surface area contributed by atoms with E-state index in [-0.39, 0.29) is 5.91 Å². The van der Waals surface area contributed by atoms with Crippen molar-refractivity contribution in [1.82, 2.24) is 0 Å². The van der Waals surface area contributed by atoms with E-state index in [9.17, 15) is 4.79 Å². The second-order valence-electron chi connectivity index (χ2n) is 4.12. The molecule has 0 aliphatic heterocycles. The Morgan fingerprint density at radius 3 is 2.62 bits per heavy atom. The Kier molecular flexibility index (Phi) is 4.79. The highest BCUT2D eigenvalue weighted by Gasteiger charge is 2.10. The van der Waals surface area contributed by atoms with Crippen molar-refractivity contribution in [2.45, 2.75) is 6.92 Å². The molecule has 0 fully saturated rings. The van der Waals surface area contributed by atoms with Gasteiger partial charge in [0, 0.05) is 16.2 Å². The van der Waals surface area contributed by atoms with Gasteiger partial charge in [0.25, 0.3) is 5.91 Å². The average molecular weight is 282 g/mol. The Morgan fingerprint density at radius 1 is 1.24 bits per heavy atom. The predicted octanol–water partition coefficient (Wildman–Crippen LogP) is 4.28. The van der Waals surface area contributed by atoms with E-state index in [1.807, 2.05) is 6.92 Å². The zero-order chi connectivity index (χ0) is 15.1. The topological polar surface area (TPSA) is 87.1 Å². The monoisotopic (exact) mass is 282 g/mol. The molecule has 0 radical (unpaired) electrons. The summed E-state index contributed by atoms with van der Waals surface area (Å²) in [4.78, 5) is 14.9. The van der Waals surface area contributed by atoms with E-state index < -0.39 is 0 Å². The van der Waals surface area contributed by atoms with Crippen LogP contribution in [-0.2, 0) is 0 Å². The van der Waals surface area contributed by atoms with E-state index >= 15 is 0 Å². The summed E-state index contributed by atoms with van der Waals surface area (Å²) in [7, 11) is 0. The maximum absolute atomic E-state index is 12.2. The number of hydrogen-bond donors (Lipinski definition) is 1. The van der Waals surface area contributed by atoms with Gasteiger partial charge < -0.3 is 10.1 Å². The molecule has 0 aliphatic rings. The third kappa shape index (κ3) is 3.75. The molecule has 6 heteroatoms. The summed E-state index contributed by atoms with van der Waals surface area (Å²) in [5, 5.41) is 6.26. The van der Waals surface area contributed by atoms with Crippen molar-refractivity contribution in [3.05, 3.63) is 64.5 Å². The van der Waals surface area contributed by atoms with Gasteiger partial charge in [-0.1, -0.05) is 23.3 Å². The Balaban J connectivity index is 2.16. The first kappa shape index (κ1) is 14.4. The second kappa shape index (κ2) is 6.98. The first-order valence-electron chi connectivity index (χ1n) is 6.43. The number of benzene rings is 2. The zero-order valence-electron chi connectivity index (χ0n) is 11.5. The Bertz CT molecular complexity index is 676. The maximum Gasteiger partial charge on any atom is 0.256 e. The summed E-state index contributed by atoms with van der Waals surface area (Å²) in [6.45, 7) is 2.49. The van der Waals surface area contributed by atoms with E-state index in [1.165, 1.54) is 0 Å². The highest BCUT2D eigenvalue weighted by Crippen LogP contribution is 2.21. The lowest BCUT2D eigenvalue weighted by molar-refractivity contribution is 0.102. The largest absolute Gasteiger partial charge is 0.494 e. The van der Waals surface area contributed by atoms with Crippen LogP contribution in [0.15, 0.2) is 53.6 Å². The lowest BCUT2D eigenvalue weighted by Gasteiger charge is -2.08. The minimum absolute atomic E-state index is 0.295. The maximum atomic E-state index is 12.2. The summed E-state index contributed by atoms with van der Waals surface area (Å²) < 4.78 is 5.33. The number of anilines is 1. The molecule has 0 aliphatic carbocycles. The minimum Gasteiger partial charge on any atom is -0.494 e. The van der Waals surface area contributed by atoms with Crippen molar-refractivity contribution in [3.63, 3.8) is 0 Å². The van der Waals surface area contributed by atoms with Crippen molar-refractivity contribution in [2.75, 3.05) is 11.9 Å². The van der Waals surface area contributed by atoms with Crippen molar-refractivity contribution in [2.24, 2.45) is 5.11 Å². The summed E-state index contributed by atoms with van der Waals surface area (Å²) >= 11 is 0. The van der Waals surface area contributed by atoms with Crippen LogP contribution in [0.1, 0.15) is 17.3 Å². The normalized spacial score (nSPS) is 9.57. The minimum atomic E-state index is -0.331. The number of carbonyl (C=O) groups is 1. The smallest absolute Gasteiger partial charge is 0.256 e. The molecular weight excluding hydrogens is 268 g/mol. The number of rotatable bonds is 5. The van der Waals surface area contributed by atoms with Crippen LogP contribution in [-0.4, -0.2) is 12.5 Å². The Morgan fingerprint density at radius 2 is 1.95 bits per heavy atom. The molecule has 0 saturated carbocycles. The fraction of sp³-hybridized carbons (Fsp3) is 0.133. The van der Waals surface area contributed by atoms with Crippen LogP contribution in [0.4, 0.5) is 11.4 Å². The molecular formula is C15H14N4O2. The molecule has 0 unspecified atom stereocenters. The fourth-order valence-corrected chi connectivity index (χ4v) is 1.80. The van der Waals surface area contributed by atoms with Gasteiger partial charge in [0.05, 0.1) is 12.3 Å². The molecule has 2 aromatic rings. The van der Waals surface area contributed by atoms with Crippen LogP contribution in [0.25, 0.3) is 10.4 Å². The number of azide groups is 1. The number of ether oxygens (including phenoxy) is 1. The summed E-state index contributed by atoms with van der Waals surface area (Å²) in [6.07, 6.45) is 0. The Hall–Kier alpha value is -2.98. The molecule has 0 saturated heterocycles. The summed E-state index contributed by atoms with van der Waals surface area (Å²) in [6, 6.07) is 13.7. The number of nitrogens with zero attached hydrogens (tertiary/aromatic N) is 3. The highest BCUT2D eigenvalue weighted by atomic mass is 16.5. The molecule has 6 nitrogen and oxygen atoms in total. The lowest BCUT2D eigenvalue weighted by atomic mass is 10.1. The van der Waals surface area contributed by atoms with Crippen LogP contribution in [0.5, 0.6) is 5.75 Å². The molecule has 0 atom stereocenters. The van der Waals surface area contributed by atoms with Crippen LogP contribution >= 0.6 is 0 Å². The molecule has 0 aromatic heterocycles. The van der Waals surface area contributed by atoms with Crippen LogP contribution < -0.4 is 10.1 Å². The average Bonchev–Trinajstić information content (AvgIpc) is 2.50. The third-order valence-electron chi connectivity index (χ3n) is 2.72. The van der Waals surface area contributed by atoms with E-state index in [2.05, 4.69) is 15.3 Å². The van der Waals surface area contributed by atoms with Crippen molar-refractivity contribution >= 4 is 17.3 Å². The van der Waals surface area contributed by atoms with E-state index in [0.29, 0.717) is 23.5 Å². The van der Waals surface area contributed by atoms with Gasteiger partial charge in [0.15, 0.2) is 0 Å². The van der Waals surface area contributed by atoms with Crippen LogP contribution in [0.3, 0.4) is 0 Å². The number of carbonyl (C=O) groups excluding carboxylic acids is 1. The Labute approximate surface area is 122 Å². The van der Waals surface area contributed by atoms with Crippen molar-refractivity contribution in [1.29, 1.82) is 0 Å². The zero-order valence-corrected chi connectivity index (χ0v) is 11.5. The molecule has 1 N–H and O–H groups in total. The van der Waals surface area contributed by atoms with Crippen LogP contribution in [0.2, 0.25) is 0 Å². The van der Waals surface area contributed by atoms with Gasteiger partial charge in [-0.25, -0.2) is 0 Å². The molecule has 1 amide bonds. The lowest BCUT2D eigenvalue weighted by Crippen LogP contribution is -2.11. The summed E-state index contributed by atoms with van der Waals surface area (Å²) in [5.74, 6) is 0.409. The molecule has 0 bridgehead atoms. The quantitative estimate of drug-likeness (QED) is 0.504. The van der Waals surface area contributed by atoms with Crippen molar-refractivity contribution in [3.8, 4) is 5.75 Å². The van der Waals surface area contributed by atoms with E-state index in [4.69, 9.17) is 10.3 Å². The molecule has 0 spiro atoms. The third-order valence-corrected chi connectivity index (χ3v) is 2.72. The first-order valence-corrected chi connectivity index (χ1v) is 6.43. The number of amides is 1. The number of hydrogen-bond acceptors (Lipinski definition) is 3. The van der Waals surface area contributed by atoms with Gasteiger partial charge in [0.1, 0.15) is 5.75 Å². The second-order valence-corrected chi connectivity index (χ2v) is 4.12. The van der Waals surface area contributed by atoms with Crippen LogP contribution in [0, 0.1) is 0 Å². The van der Waals surface area contributed by atoms with E-state index in [1.54, 1.807) is 48.5 Å². The number of nitrogens with one attached hydrogen (secondary N) is 1. The van der Waals surface area contributed by atoms with Gasteiger partial charge in [-0.05, 0) is 42.8 Å². The van der Waals surface area contributed by atoms with Gasteiger partial charge in [-0.3, -0.25) is 4.79 Å². The SMILES string of the molecule is CCOc1ccc(NC(=O)c2ccccc2N=[N+]=[N-])cc1. The molecule has 106 valence electrons. The fourth-order valence-electron chi connectivity index (χ4n) is 1.80. The molecule has 2 aromatic carbocycles. The van der Waals surface area contributed by atoms with Gasteiger partial charge in [0.2, 0.25) is 0 Å². The molecule has 2 rings (SSSR count). The van der Waals surface area contributed by atoms with Gasteiger partial charge in [-0.2, -0.15) is 0 Å². The van der Waals surface area contributed by atoms with Gasteiger partial charge >= 0.3 is 0 Å². The highest BCUT2D eigenvalue weighted by molar-refractivity contribution is 6.07. The summed E-state index contributed by atoms with van der Waals surface area (Å²) in [5.41, 5.74) is 9.77. The van der Waals surface area contributed by atoms with Crippen molar-refractivity contribution < 1.29 is 9.53 Å². The first-order chi connectivity index (χ1) is 10.2. The standard InChI is InChI=1S/C15H14N4O2/c1-2-21-12-9-7-11(8-10-12)17-15(20)13-5-3-4-6-14(13)18-19-16/h3-10H,2H2,1H3,(H,17,20). The molecule has 0 heterocycles. The van der Waals surface area contributed by atoms with Gasteiger partial charge in [-0.15, -0.1) is 0 Å². The van der Waals surface area contributed by atoms with E-state index in [0.717, 1.165) is 5.75 Å². The molecule has 21 heavy (non-hydrogen) atoms. The predicted molar refractivity (Wildman–Crippen MR) is 80.8 cm³/mol.